The van der Waals surface area contributed by atoms with Crippen LogP contribution < -0.4 is 5.43 Å². The fraction of sp³-hybridized carbons (Fsp3) is 0.500. The van der Waals surface area contributed by atoms with Crippen molar-refractivity contribution in [2.75, 3.05) is 12.0 Å². The summed E-state index contributed by atoms with van der Waals surface area (Å²) in [4.78, 5) is 14.4. The van der Waals surface area contributed by atoms with E-state index < -0.39 is 0 Å². The summed E-state index contributed by atoms with van der Waals surface area (Å²) in [6, 6.07) is 10.2. The van der Waals surface area contributed by atoms with Crippen molar-refractivity contribution >= 4 is 17.3 Å². The second kappa shape index (κ2) is 6.07. The minimum Gasteiger partial charge on any atom is -0.334 e. The Balaban J connectivity index is 1.63. The number of hydrogen-bond donors (Lipinski definition) is 1. The highest BCUT2D eigenvalue weighted by Gasteiger charge is 2.33. The number of anilines is 1. The molecule has 3 rings (SSSR count). The van der Waals surface area contributed by atoms with Gasteiger partial charge in [0, 0.05) is 19.0 Å². The molecule has 0 spiro atoms. The number of nitrogens with zero attached hydrogens (tertiary/aromatic N) is 2. The number of carbonyl (C=O) groups excluding carboxylic acids is 1. The molecule has 0 unspecified atom stereocenters. The van der Waals surface area contributed by atoms with Crippen molar-refractivity contribution in [1.29, 1.82) is 0 Å². The Morgan fingerprint density at radius 2 is 1.85 bits per heavy atom. The van der Waals surface area contributed by atoms with E-state index in [1.807, 2.05) is 35.2 Å². The van der Waals surface area contributed by atoms with Gasteiger partial charge in [-0.2, -0.15) is 5.10 Å². The number of amides is 1. The summed E-state index contributed by atoms with van der Waals surface area (Å²) in [6.45, 7) is 0.832. The summed E-state index contributed by atoms with van der Waals surface area (Å²) in [5.41, 5.74) is 4.57. The maximum Gasteiger partial charge on any atom is 0.270 e. The number of hydrogen-bond acceptors (Lipinski definition) is 3. The van der Waals surface area contributed by atoms with Crippen LogP contribution in [-0.4, -0.2) is 29.1 Å². The summed E-state index contributed by atoms with van der Waals surface area (Å²) < 4.78 is 0. The van der Waals surface area contributed by atoms with Crippen LogP contribution in [0, 0.1) is 0 Å². The molecule has 4 nitrogen and oxygen atoms in total. The van der Waals surface area contributed by atoms with Crippen LogP contribution in [0.25, 0.3) is 0 Å². The molecule has 4 heteroatoms. The van der Waals surface area contributed by atoms with Gasteiger partial charge in [-0.15, -0.1) is 0 Å². The molecule has 2 aliphatic rings. The van der Waals surface area contributed by atoms with Crippen LogP contribution in [0.4, 0.5) is 5.69 Å². The van der Waals surface area contributed by atoms with E-state index in [0.29, 0.717) is 11.8 Å². The zero-order chi connectivity index (χ0) is 13.8. The van der Waals surface area contributed by atoms with E-state index in [-0.39, 0.29) is 5.91 Å². The zero-order valence-corrected chi connectivity index (χ0v) is 11.7. The van der Waals surface area contributed by atoms with Crippen LogP contribution in [0.5, 0.6) is 0 Å². The van der Waals surface area contributed by atoms with Gasteiger partial charge in [0.05, 0.1) is 5.69 Å². The molecular formula is C16H21N3O. The van der Waals surface area contributed by atoms with Crippen LogP contribution in [0.15, 0.2) is 35.4 Å². The Hall–Kier alpha value is -1.84. The highest BCUT2D eigenvalue weighted by atomic mass is 16.2. The predicted octanol–water partition coefficient (Wildman–Crippen LogP) is 3.02. The van der Waals surface area contributed by atoms with Crippen molar-refractivity contribution in [3.8, 4) is 0 Å². The summed E-state index contributed by atoms with van der Waals surface area (Å²) in [5, 5.41) is 4.29. The topological polar surface area (TPSA) is 44.7 Å². The number of hydrazone groups is 1. The Labute approximate surface area is 119 Å². The number of rotatable bonds is 3. The molecule has 1 aromatic rings. The van der Waals surface area contributed by atoms with Gasteiger partial charge in [-0.05, 0) is 25.0 Å². The molecule has 1 aliphatic carbocycles. The van der Waals surface area contributed by atoms with Crippen LogP contribution >= 0.6 is 0 Å². The molecule has 1 N–H and O–H groups in total. The van der Waals surface area contributed by atoms with Gasteiger partial charge in [-0.3, -0.25) is 10.2 Å². The average Bonchev–Trinajstić information content (AvgIpc) is 2.88. The first-order valence-corrected chi connectivity index (χ1v) is 7.53. The van der Waals surface area contributed by atoms with E-state index >= 15 is 0 Å². The first-order chi connectivity index (χ1) is 9.84. The highest BCUT2D eigenvalue weighted by molar-refractivity contribution is 6.40. The fourth-order valence-electron chi connectivity index (χ4n) is 3.09. The van der Waals surface area contributed by atoms with Gasteiger partial charge in [0.15, 0.2) is 0 Å². The molecule has 20 heavy (non-hydrogen) atoms. The first kappa shape index (κ1) is 13.2. The quantitative estimate of drug-likeness (QED) is 0.859. The lowest BCUT2D eigenvalue weighted by molar-refractivity contribution is -0.125. The van der Waals surface area contributed by atoms with Gasteiger partial charge in [0.25, 0.3) is 5.91 Å². The van der Waals surface area contributed by atoms with Crippen molar-refractivity contribution < 1.29 is 4.79 Å². The van der Waals surface area contributed by atoms with Crippen molar-refractivity contribution in [2.45, 2.75) is 44.6 Å². The molecule has 0 atom stereocenters. The van der Waals surface area contributed by atoms with E-state index in [1.165, 1.54) is 19.3 Å². The molecular weight excluding hydrogens is 250 g/mol. The third-order valence-electron chi connectivity index (χ3n) is 4.21. The van der Waals surface area contributed by atoms with Crippen LogP contribution in [-0.2, 0) is 4.79 Å². The molecule has 1 amide bonds. The molecule has 106 valence electrons. The number of carbonyl (C=O) groups is 1. The smallest absolute Gasteiger partial charge is 0.270 e. The highest BCUT2D eigenvalue weighted by Crippen LogP contribution is 2.25. The van der Waals surface area contributed by atoms with Gasteiger partial charge < -0.3 is 4.90 Å². The van der Waals surface area contributed by atoms with Gasteiger partial charge in [-0.1, -0.05) is 37.5 Å². The number of likely N-dealkylation sites (tertiary alicyclic amines) is 1. The number of para-hydroxylation sites is 1. The summed E-state index contributed by atoms with van der Waals surface area (Å²) in [6.07, 6.45) is 6.90. The van der Waals surface area contributed by atoms with E-state index in [0.717, 1.165) is 31.5 Å². The molecule has 1 aromatic carbocycles. The maximum absolute atomic E-state index is 12.4. The minimum absolute atomic E-state index is 0.125. The van der Waals surface area contributed by atoms with Gasteiger partial charge in [0.2, 0.25) is 0 Å². The average molecular weight is 271 g/mol. The molecule has 1 aliphatic heterocycles. The second-order valence-electron chi connectivity index (χ2n) is 5.58. The molecule has 2 fully saturated rings. The second-order valence-corrected chi connectivity index (χ2v) is 5.58. The van der Waals surface area contributed by atoms with Crippen LogP contribution in [0.1, 0.15) is 38.5 Å². The van der Waals surface area contributed by atoms with Crippen LogP contribution in [0.2, 0.25) is 0 Å². The Morgan fingerprint density at radius 3 is 2.60 bits per heavy atom. The van der Waals surface area contributed by atoms with Gasteiger partial charge in [0.1, 0.15) is 5.71 Å². The summed E-state index contributed by atoms with van der Waals surface area (Å²) in [7, 11) is 0. The number of nitrogens with one attached hydrogen (secondary N) is 1. The molecule has 1 saturated heterocycles. The third-order valence-corrected chi connectivity index (χ3v) is 4.21. The molecule has 1 saturated carbocycles. The molecule has 1 heterocycles. The SMILES string of the molecule is O=C1/C(=N/Nc2ccccc2)CCN1C1CCCCC1. The van der Waals surface area contributed by atoms with E-state index in [2.05, 4.69) is 10.5 Å². The first-order valence-electron chi connectivity index (χ1n) is 7.53. The normalized spacial score (nSPS) is 22.5. The minimum atomic E-state index is 0.125. The zero-order valence-electron chi connectivity index (χ0n) is 11.7. The standard InChI is InChI=1S/C16H21N3O/c20-16-15(18-17-13-7-3-1-4-8-13)11-12-19(16)14-9-5-2-6-10-14/h1,3-4,7-8,14,17H,2,5-6,9-12H2/b18-15+. The van der Waals surface area contributed by atoms with Gasteiger partial charge >= 0.3 is 0 Å². The Bertz CT molecular complexity index is 492. The van der Waals surface area contributed by atoms with Crippen molar-refractivity contribution in [3.63, 3.8) is 0 Å². The number of benzene rings is 1. The lowest BCUT2D eigenvalue weighted by atomic mass is 9.94. The third kappa shape index (κ3) is 2.84. The molecule has 0 aromatic heterocycles. The molecule has 0 radical (unpaired) electrons. The van der Waals surface area contributed by atoms with Crippen LogP contribution in [0.3, 0.4) is 0 Å². The van der Waals surface area contributed by atoms with Crippen molar-refractivity contribution in [3.05, 3.63) is 30.3 Å². The summed E-state index contributed by atoms with van der Waals surface area (Å²) in [5.74, 6) is 0.125. The lowest BCUT2D eigenvalue weighted by Crippen LogP contribution is -2.39. The van der Waals surface area contributed by atoms with Gasteiger partial charge in [-0.25, -0.2) is 0 Å². The largest absolute Gasteiger partial charge is 0.334 e. The van der Waals surface area contributed by atoms with E-state index in [9.17, 15) is 4.79 Å². The van der Waals surface area contributed by atoms with E-state index in [4.69, 9.17) is 0 Å². The molecule has 0 bridgehead atoms. The maximum atomic E-state index is 12.4. The monoisotopic (exact) mass is 271 g/mol. The summed E-state index contributed by atoms with van der Waals surface area (Å²) >= 11 is 0. The van der Waals surface area contributed by atoms with Crippen molar-refractivity contribution in [2.24, 2.45) is 5.10 Å². The van der Waals surface area contributed by atoms with Crippen molar-refractivity contribution in [1.82, 2.24) is 4.90 Å². The lowest BCUT2D eigenvalue weighted by Gasteiger charge is -2.30. The Kier molecular flexibility index (Phi) is 4.00. The Morgan fingerprint density at radius 1 is 1.10 bits per heavy atom. The predicted molar refractivity (Wildman–Crippen MR) is 80.7 cm³/mol. The van der Waals surface area contributed by atoms with E-state index in [1.54, 1.807) is 0 Å². The fourth-order valence-corrected chi connectivity index (χ4v) is 3.09.